The van der Waals surface area contributed by atoms with E-state index in [0.29, 0.717) is 6.04 Å². The van der Waals surface area contributed by atoms with E-state index in [2.05, 4.69) is 48.6 Å². The molecule has 0 fully saturated rings. The van der Waals surface area contributed by atoms with Crippen LogP contribution in [0.4, 0.5) is 0 Å². The maximum Gasteiger partial charge on any atom is 0.105 e. The Kier molecular flexibility index (Phi) is 4.59. The van der Waals surface area contributed by atoms with Crippen LogP contribution in [-0.2, 0) is 6.42 Å². The van der Waals surface area contributed by atoms with Crippen molar-refractivity contribution in [3.8, 4) is 0 Å². The number of benzene rings is 1. The third kappa shape index (κ3) is 3.23. The SMILES string of the molecule is CCCNC(Cc1ccccc1)c1ccoc1C. The van der Waals surface area contributed by atoms with Gasteiger partial charge in [0.25, 0.3) is 0 Å². The van der Waals surface area contributed by atoms with Gasteiger partial charge in [-0.2, -0.15) is 0 Å². The zero-order valence-corrected chi connectivity index (χ0v) is 11.1. The Morgan fingerprint density at radius 3 is 2.56 bits per heavy atom. The van der Waals surface area contributed by atoms with E-state index in [-0.39, 0.29) is 0 Å². The second-order valence-corrected chi connectivity index (χ2v) is 4.63. The third-order valence-electron chi connectivity index (χ3n) is 3.20. The highest BCUT2D eigenvalue weighted by atomic mass is 16.3. The van der Waals surface area contributed by atoms with Crippen molar-refractivity contribution >= 4 is 0 Å². The maximum absolute atomic E-state index is 5.42. The van der Waals surface area contributed by atoms with E-state index in [1.165, 1.54) is 11.1 Å². The van der Waals surface area contributed by atoms with Crippen LogP contribution in [-0.4, -0.2) is 6.54 Å². The molecule has 0 bridgehead atoms. The fraction of sp³-hybridized carbons (Fsp3) is 0.375. The highest BCUT2D eigenvalue weighted by Gasteiger charge is 2.15. The van der Waals surface area contributed by atoms with E-state index in [9.17, 15) is 0 Å². The fourth-order valence-corrected chi connectivity index (χ4v) is 2.22. The third-order valence-corrected chi connectivity index (χ3v) is 3.20. The summed E-state index contributed by atoms with van der Waals surface area (Å²) in [6.07, 6.45) is 3.92. The topological polar surface area (TPSA) is 25.2 Å². The molecule has 2 rings (SSSR count). The number of rotatable bonds is 6. The van der Waals surface area contributed by atoms with Crippen LogP contribution in [0.15, 0.2) is 47.1 Å². The van der Waals surface area contributed by atoms with Crippen molar-refractivity contribution in [1.29, 1.82) is 0 Å². The van der Waals surface area contributed by atoms with Gasteiger partial charge in [-0.1, -0.05) is 37.3 Å². The molecule has 0 amide bonds. The van der Waals surface area contributed by atoms with E-state index >= 15 is 0 Å². The van der Waals surface area contributed by atoms with Gasteiger partial charge in [0, 0.05) is 11.6 Å². The van der Waals surface area contributed by atoms with E-state index in [1.807, 2.05) is 6.92 Å². The molecule has 2 nitrogen and oxygen atoms in total. The Morgan fingerprint density at radius 2 is 1.94 bits per heavy atom. The summed E-state index contributed by atoms with van der Waals surface area (Å²) in [5, 5.41) is 3.60. The molecule has 0 radical (unpaired) electrons. The normalized spacial score (nSPS) is 12.6. The van der Waals surface area contributed by atoms with E-state index < -0.39 is 0 Å². The van der Waals surface area contributed by atoms with Crippen LogP contribution in [0.2, 0.25) is 0 Å². The molecule has 96 valence electrons. The Balaban J connectivity index is 2.13. The molecule has 1 unspecified atom stereocenters. The first-order valence-corrected chi connectivity index (χ1v) is 6.62. The molecule has 0 aliphatic heterocycles. The van der Waals surface area contributed by atoms with Crippen LogP contribution in [0.1, 0.15) is 36.3 Å². The van der Waals surface area contributed by atoms with Crippen molar-refractivity contribution in [2.45, 2.75) is 32.7 Å². The molecule has 2 aromatic rings. The number of hydrogen-bond donors (Lipinski definition) is 1. The van der Waals surface area contributed by atoms with Gasteiger partial charge < -0.3 is 9.73 Å². The van der Waals surface area contributed by atoms with Crippen LogP contribution < -0.4 is 5.32 Å². The lowest BCUT2D eigenvalue weighted by molar-refractivity contribution is 0.494. The van der Waals surface area contributed by atoms with Crippen LogP contribution in [0.5, 0.6) is 0 Å². The number of nitrogens with one attached hydrogen (secondary N) is 1. The summed E-state index contributed by atoms with van der Waals surface area (Å²) in [5.74, 6) is 1.01. The van der Waals surface area contributed by atoms with E-state index in [1.54, 1.807) is 6.26 Å². The maximum atomic E-state index is 5.42. The van der Waals surface area contributed by atoms with E-state index in [0.717, 1.165) is 25.1 Å². The monoisotopic (exact) mass is 243 g/mol. The molecular formula is C16H21NO. The summed E-state index contributed by atoms with van der Waals surface area (Å²) in [6, 6.07) is 13.0. The van der Waals surface area contributed by atoms with Crippen molar-refractivity contribution in [2.75, 3.05) is 6.54 Å². The second kappa shape index (κ2) is 6.41. The molecule has 1 heterocycles. The van der Waals surface area contributed by atoms with Crippen LogP contribution in [0.3, 0.4) is 0 Å². The molecular weight excluding hydrogens is 222 g/mol. The Morgan fingerprint density at radius 1 is 1.17 bits per heavy atom. The summed E-state index contributed by atoms with van der Waals surface area (Å²) < 4.78 is 5.42. The summed E-state index contributed by atoms with van der Waals surface area (Å²) in [4.78, 5) is 0. The van der Waals surface area contributed by atoms with Gasteiger partial charge >= 0.3 is 0 Å². The average molecular weight is 243 g/mol. The molecule has 0 aliphatic rings. The molecule has 1 atom stereocenters. The van der Waals surface area contributed by atoms with Gasteiger partial charge in [-0.25, -0.2) is 0 Å². The summed E-state index contributed by atoms with van der Waals surface area (Å²) in [5.41, 5.74) is 2.62. The first-order valence-electron chi connectivity index (χ1n) is 6.62. The zero-order chi connectivity index (χ0) is 12.8. The first-order chi connectivity index (χ1) is 8.81. The van der Waals surface area contributed by atoms with Gasteiger partial charge in [-0.3, -0.25) is 0 Å². The van der Waals surface area contributed by atoms with Crippen molar-refractivity contribution in [2.24, 2.45) is 0 Å². The fourth-order valence-electron chi connectivity index (χ4n) is 2.22. The quantitative estimate of drug-likeness (QED) is 0.833. The van der Waals surface area contributed by atoms with Crippen molar-refractivity contribution in [1.82, 2.24) is 5.32 Å². The molecule has 1 aromatic heterocycles. The molecule has 0 aliphatic carbocycles. The highest BCUT2D eigenvalue weighted by Crippen LogP contribution is 2.22. The van der Waals surface area contributed by atoms with Crippen LogP contribution in [0.25, 0.3) is 0 Å². The summed E-state index contributed by atoms with van der Waals surface area (Å²) in [6.45, 7) is 5.25. The van der Waals surface area contributed by atoms with Gasteiger partial charge in [0.05, 0.1) is 6.26 Å². The predicted octanol–water partition coefficient (Wildman–Crippen LogP) is 3.87. The minimum absolute atomic E-state index is 0.339. The lowest BCUT2D eigenvalue weighted by atomic mass is 9.99. The van der Waals surface area contributed by atoms with Gasteiger partial charge in [0.15, 0.2) is 0 Å². The molecule has 2 heteroatoms. The molecule has 1 aromatic carbocycles. The summed E-state index contributed by atoms with van der Waals surface area (Å²) >= 11 is 0. The van der Waals surface area contributed by atoms with Gasteiger partial charge in [0.1, 0.15) is 5.76 Å². The van der Waals surface area contributed by atoms with Crippen molar-refractivity contribution in [3.05, 3.63) is 59.5 Å². The standard InChI is InChI=1S/C16H21NO/c1-3-10-17-16(15-9-11-18-13(15)2)12-14-7-5-4-6-8-14/h4-9,11,16-17H,3,10,12H2,1-2H3. The van der Waals surface area contributed by atoms with Crippen LogP contribution >= 0.6 is 0 Å². The van der Waals surface area contributed by atoms with Gasteiger partial charge in [-0.05, 0) is 37.9 Å². The highest BCUT2D eigenvalue weighted by molar-refractivity contribution is 5.24. The average Bonchev–Trinajstić information content (AvgIpc) is 2.82. The smallest absolute Gasteiger partial charge is 0.105 e. The molecule has 0 saturated carbocycles. The van der Waals surface area contributed by atoms with Crippen LogP contribution in [0, 0.1) is 6.92 Å². The van der Waals surface area contributed by atoms with Gasteiger partial charge in [0.2, 0.25) is 0 Å². The Labute approximate surface area is 109 Å². The number of hydrogen-bond acceptors (Lipinski definition) is 2. The minimum atomic E-state index is 0.339. The zero-order valence-electron chi connectivity index (χ0n) is 11.1. The summed E-state index contributed by atoms with van der Waals surface area (Å²) in [7, 11) is 0. The molecule has 0 saturated heterocycles. The molecule has 0 spiro atoms. The lowest BCUT2D eigenvalue weighted by Gasteiger charge is -2.18. The van der Waals surface area contributed by atoms with Gasteiger partial charge in [-0.15, -0.1) is 0 Å². The predicted molar refractivity (Wildman–Crippen MR) is 74.6 cm³/mol. The van der Waals surface area contributed by atoms with E-state index in [4.69, 9.17) is 4.42 Å². The number of furan rings is 1. The molecule has 18 heavy (non-hydrogen) atoms. The molecule has 1 N–H and O–H groups in total. The second-order valence-electron chi connectivity index (χ2n) is 4.63. The lowest BCUT2D eigenvalue weighted by Crippen LogP contribution is -2.24. The Hall–Kier alpha value is -1.54. The first kappa shape index (κ1) is 12.9. The number of aryl methyl sites for hydroxylation is 1. The van der Waals surface area contributed by atoms with Crippen molar-refractivity contribution < 1.29 is 4.42 Å². The Bertz CT molecular complexity index is 461. The van der Waals surface area contributed by atoms with Crippen molar-refractivity contribution in [3.63, 3.8) is 0 Å². The minimum Gasteiger partial charge on any atom is -0.469 e. The largest absolute Gasteiger partial charge is 0.469 e.